The minimum Gasteiger partial charge on any atom is -0.454 e. The van der Waals surface area contributed by atoms with Gasteiger partial charge in [-0.2, -0.15) is 0 Å². The third-order valence-electron chi connectivity index (χ3n) is 3.46. The molecule has 1 aliphatic rings. The summed E-state index contributed by atoms with van der Waals surface area (Å²) in [4.78, 5) is 4.62. The van der Waals surface area contributed by atoms with Crippen LogP contribution in [0.25, 0.3) is 23.1 Å². The van der Waals surface area contributed by atoms with E-state index in [1.165, 1.54) is 0 Å². The van der Waals surface area contributed by atoms with Crippen molar-refractivity contribution >= 4 is 35.5 Å². The zero-order chi connectivity index (χ0) is 14.1. The van der Waals surface area contributed by atoms with Crippen molar-refractivity contribution in [1.29, 1.82) is 0 Å². The molecular formula is C18H14ClNO2. The number of benzene rings is 2. The van der Waals surface area contributed by atoms with Gasteiger partial charge in [0, 0.05) is 5.39 Å². The number of nitrogens with zero attached hydrogens (tertiary/aromatic N) is 1. The second-order valence-electron chi connectivity index (χ2n) is 4.87. The Bertz CT molecular complexity index is 845. The van der Waals surface area contributed by atoms with E-state index in [0.29, 0.717) is 6.79 Å². The van der Waals surface area contributed by atoms with Crippen molar-refractivity contribution in [3.05, 3.63) is 65.9 Å². The Labute approximate surface area is 134 Å². The van der Waals surface area contributed by atoms with Crippen LogP contribution in [0.4, 0.5) is 0 Å². The van der Waals surface area contributed by atoms with E-state index in [9.17, 15) is 0 Å². The largest absolute Gasteiger partial charge is 0.454 e. The molecular weight excluding hydrogens is 298 g/mol. The van der Waals surface area contributed by atoms with Gasteiger partial charge in [-0.15, -0.1) is 12.4 Å². The zero-order valence-corrected chi connectivity index (χ0v) is 12.5. The Hall–Kier alpha value is -2.52. The molecule has 0 unspecified atom stereocenters. The van der Waals surface area contributed by atoms with E-state index in [-0.39, 0.29) is 12.4 Å². The molecule has 2 heterocycles. The van der Waals surface area contributed by atoms with Gasteiger partial charge in [-0.05, 0) is 35.9 Å². The first kappa shape index (κ1) is 14.4. The summed E-state index contributed by atoms with van der Waals surface area (Å²) in [6.45, 7) is 0.300. The maximum atomic E-state index is 5.38. The number of hydrogen-bond acceptors (Lipinski definition) is 3. The molecule has 0 spiro atoms. The van der Waals surface area contributed by atoms with Crippen LogP contribution in [0, 0.1) is 0 Å². The highest BCUT2D eigenvalue weighted by Gasteiger charge is 2.12. The number of ether oxygens (including phenoxy) is 2. The van der Waals surface area contributed by atoms with Gasteiger partial charge in [0.1, 0.15) is 0 Å². The number of hydrogen-bond donors (Lipinski definition) is 0. The van der Waals surface area contributed by atoms with Crippen molar-refractivity contribution in [1.82, 2.24) is 4.98 Å². The summed E-state index contributed by atoms with van der Waals surface area (Å²) >= 11 is 0. The molecule has 0 aliphatic carbocycles. The summed E-state index contributed by atoms with van der Waals surface area (Å²) < 4.78 is 10.7. The topological polar surface area (TPSA) is 31.4 Å². The van der Waals surface area contributed by atoms with Crippen molar-refractivity contribution in [2.45, 2.75) is 0 Å². The first-order valence-corrected chi connectivity index (χ1v) is 6.82. The van der Waals surface area contributed by atoms with Crippen molar-refractivity contribution in [3.63, 3.8) is 0 Å². The zero-order valence-electron chi connectivity index (χ0n) is 11.7. The molecule has 4 heteroatoms. The van der Waals surface area contributed by atoms with Crippen LogP contribution in [-0.2, 0) is 0 Å². The molecule has 1 aromatic heterocycles. The lowest BCUT2D eigenvalue weighted by Gasteiger charge is -1.99. The molecule has 4 rings (SSSR count). The molecule has 3 nitrogen and oxygen atoms in total. The van der Waals surface area contributed by atoms with Gasteiger partial charge in [-0.3, -0.25) is 0 Å². The molecule has 0 saturated carbocycles. The Morgan fingerprint density at radius 2 is 1.73 bits per heavy atom. The number of rotatable bonds is 2. The normalized spacial score (nSPS) is 12.5. The van der Waals surface area contributed by atoms with E-state index >= 15 is 0 Å². The van der Waals surface area contributed by atoms with E-state index in [2.05, 4.69) is 17.1 Å². The van der Waals surface area contributed by atoms with E-state index in [4.69, 9.17) is 9.47 Å². The van der Waals surface area contributed by atoms with Gasteiger partial charge in [-0.1, -0.05) is 36.4 Å². The smallest absolute Gasteiger partial charge is 0.231 e. The highest BCUT2D eigenvalue weighted by Crippen LogP contribution is 2.32. The quantitative estimate of drug-likeness (QED) is 0.695. The summed E-state index contributed by atoms with van der Waals surface area (Å²) in [7, 11) is 0. The summed E-state index contributed by atoms with van der Waals surface area (Å²) in [6, 6.07) is 18.1. The molecule has 0 fully saturated rings. The van der Waals surface area contributed by atoms with Crippen LogP contribution in [0.5, 0.6) is 11.5 Å². The van der Waals surface area contributed by atoms with Crippen LogP contribution in [0.15, 0.2) is 54.6 Å². The van der Waals surface area contributed by atoms with E-state index in [1.54, 1.807) is 0 Å². The van der Waals surface area contributed by atoms with Gasteiger partial charge >= 0.3 is 0 Å². The molecule has 0 amide bonds. The fraction of sp³-hybridized carbons (Fsp3) is 0.0556. The van der Waals surface area contributed by atoms with Crippen LogP contribution >= 0.6 is 12.4 Å². The Morgan fingerprint density at radius 3 is 2.68 bits per heavy atom. The minimum atomic E-state index is 0. The SMILES string of the molecule is C(=C\c1ccc2ccccc2n1)/c1ccc2c(c1)OCO2.Cl. The van der Waals surface area contributed by atoms with Crippen LogP contribution < -0.4 is 9.47 Å². The third kappa shape index (κ3) is 2.76. The second kappa shape index (κ2) is 6.08. The number of halogens is 1. The standard InChI is InChI=1S/C18H13NO2.ClH/c1-2-4-16-14(3-1)7-9-15(19-16)8-5-13-6-10-17-18(11-13)21-12-20-17;/h1-11H,12H2;1H/b8-5+;. The van der Waals surface area contributed by atoms with Gasteiger partial charge < -0.3 is 9.47 Å². The van der Waals surface area contributed by atoms with Gasteiger partial charge in [0.2, 0.25) is 6.79 Å². The molecule has 3 aromatic rings. The van der Waals surface area contributed by atoms with Gasteiger partial charge in [0.05, 0.1) is 11.2 Å². The van der Waals surface area contributed by atoms with Crippen molar-refractivity contribution in [3.8, 4) is 11.5 Å². The van der Waals surface area contributed by atoms with Crippen LogP contribution in [0.1, 0.15) is 11.3 Å². The molecule has 2 aromatic carbocycles. The predicted octanol–water partition coefficient (Wildman–Crippen LogP) is 4.56. The third-order valence-corrected chi connectivity index (χ3v) is 3.46. The maximum absolute atomic E-state index is 5.38. The Kier molecular flexibility index (Phi) is 3.98. The summed E-state index contributed by atoms with van der Waals surface area (Å²) in [6.07, 6.45) is 4.03. The van der Waals surface area contributed by atoms with E-state index < -0.39 is 0 Å². The number of aromatic nitrogens is 1. The fourth-order valence-corrected chi connectivity index (χ4v) is 2.37. The predicted molar refractivity (Wildman–Crippen MR) is 90.5 cm³/mol. The Balaban J connectivity index is 0.00000144. The molecule has 0 saturated heterocycles. The Morgan fingerprint density at radius 1 is 0.864 bits per heavy atom. The van der Waals surface area contributed by atoms with E-state index in [0.717, 1.165) is 33.7 Å². The lowest BCUT2D eigenvalue weighted by molar-refractivity contribution is 0.174. The lowest BCUT2D eigenvalue weighted by atomic mass is 10.1. The first-order chi connectivity index (χ1) is 10.4. The molecule has 22 heavy (non-hydrogen) atoms. The molecule has 0 atom stereocenters. The molecule has 0 radical (unpaired) electrons. The van der Waals surface area contributed by atoms with Gasteiger partial charge in [-0.25, -0.2) is 4.98 Å². The number of fused-ring (bicyclic) bond motifs is 2. The highest BCUT2D eigenvalue weighted by molar-refractivity contribution is 5.85. The molecule has 1 aliphatic heterocycles. The fourth-order valence-electron chi connectivity index (χ4n) is 2.37. The van der Waals surface area contributed by atoms with Crippen LogP contribution in [-0.4, -0.2) is 11.8 Å². The summed E-state index contributed by atoms with van der Waals surface area (Å²) in [5.74, 6) is 1.60. The number of para-hydroxylation sites is 1. The van der Waals surface area contributed by atoms with E-state index in [1.807, 2.05) is 54.6 Å². The monoisotopic (exact) mass is 311 g/mol. The average molecular weight is 312 g/mol. The second-order valence-corrected chi connectivity index (χ2v) is 4.87. The number of pyridine rings is 1. The van der Waals surface area contributed by atoms with Crippen molar-refractivity contribution < 1.29 is 9.47 Å². The molecule has 0 bridgehead atoms. The van der Waals surface area contributed by atoms with Crippen LogP contribution in [0.3, 0.4) is 0 Å². The molecule has 0 N–H and O–H groups in total. The lowest BCUT2D eigenvalue weighted by Crippen LogP contribution is -1.92. The van der Waals surface area contributed by atoms with Crippen molar-refractivity contribution in [2.75, 3.05) is 6.79 Å². The summed E-state index contributed by atoms with van der Waals surface area (Å²) in [5.41, 5.74) is 3.01. The van der Waals surface area contributed by atoms with Gasteiger partial charge in [0.25, 0.3) is 0 Å². The maximum Gasteiger partial charge on any atom is 0.231 e. The average Bonchev–Trinajstić information content (AvgIpc) is 3.00. The highest BCUT2D eigenvalue weighted by atomic mass is 35.5. The van der Waals surface area contributed by atoms with Crippen LogP contribution in [0.2, 0.25) is 0 Å². The first-order valence-electron chi connectivity index (χ1n) is 6.82. The van der Waals surface area contributed by atoms with Gasteiger partial charge in [0.15, 0.2) is 11.5 Å². The van der Waals surface area contributed by atoms with Crippen molar-refractivity contribution in [2.24, 2.45) is 0 Å². The molecule has 110 valence electrons. The summed E-state index contributed by atoms with van der Waals surface area (Å²) in [5, 5.41) is 1.15. The minimum absolute atomic E-state index is 0.